The number of benzene rings is 1. The third-order valence-corrected chi connectivity index (χ3v) is 6.82. The topological polar surface area (TPSA) is 81.8 Å². The molecule has 4 aliphatic rings. The molecule has 0 radical (unpaired) electrons. The summed E-state index contributed by atoms with van der Waals surface area (Å²) in [7, 11) is 0. The fourth-order valence-corrected chi connectivity index (χ4v) is 4.98. The molecule has 3 amide bonds. The zero-order valence-electron chi connectivity index (χ0n) is 16.8. The molecule has 1 aromatic rings. The lowest BCUT2D eigenvalue weighted by Crippen LogP contribution is -2.58. The highest BCUT2D eigenvalue weighted by Crippen LogP contribution is 2.34. The molecule has 164 valence electrons. The van der Waals surface area contributed by atoms with Crippen molar-refractivity contribution in [3.05, 3.63) is 34.9 Å². The van der Waals surface area contributed by atoms with E-state index in [0.717, 1.165) is 44.6 Å². The van der Waals surface area contributed by atoms with Crippen molar-refractivity contribution in [3.8, 4) is 0 Å². The molecule has 3 fully saturated rings. The number of fused-ring (bicyclic) bond motifs is 1. The number of hydrogen-bond acceptors (Lipinski definition) is 5. The number of nitrogens with zero attached hydrogens (tertiary/aromatic N) is 2. The van der Waals surface area contributed by atoms with E-state index in [-0.39, 0.29) is 49.0 Å². The summed E-state index contributed by atoms with van der Waals surface area (Å²) in [6, 6.07) is 6.36. The second-order valence-electron chi connectivity index (χ2n) is 8.44. The van der Waals surface area contributed by atoms with Crippen molar-refractivity contribution in [3.63, 3.8) is 0 Å². The molecule has 0 spiro atoms. The Morgan fingerprint density at radius 3 is 2.33 bits per heavy atom. The predicted octanol–water partition coefficient (Wildman–Crippen LogP) is 1.44. The van der Waals surface area contributed by atoms with Crippen molar-refractivity contribution in [1.29, 1.82) is 0 Å². The number of halogens is 2. The Hall–Kier alpha value is -1.67. The van der Waals surface area contributed by atoms with Gasteiger partial charge in [0.1, 0.15) is 6.04 Å². The van der Waals surface area contributed by atoms with Crippen LogP contribution in [-0.2, 0) is 16.1 Å². The number of imide groups is 1. The normalized spacial score (nSPS) is 25.1. The number of amides is 3. The summed E-state index contributed by atoms with van der Waals surface area (Å²) in [5.74, 6) is -0.162. The first-order valence-electron chi connectivity index (χ1n) is 10.3. The zero-order valence-corrected chi connectivity index (χ0v) is 18.4. The molecule has 2 N–H and O–H groups in total. The summed E-state index contributed by atoms with van der Waals surface area (Å²) >= 11 is 0. The molecule has 4 aliphatic heterocycles. The monoisotopic (exact) mass is 454 g/mol. The summed E-state index contributed by atoms with van der Waals surface area (Å²) in [4.78, 5) is 40.6. The molecule has 0 aliphatic carbocycles. The lowest BCUT2D eigenvalue weighted by Gasteiger charge is -2.42. The zero-order chi connectivity index (χ0) is 19.3. The summed E-state index contributed by atoms with van der Waals surface area (Å²) in [6.07, 6.45) is 3.00. The third kappa shape index (κ3) is 4.08. The molecule has 30 heavy (non-hydrogen) atoms. The standard InChI is InChI=1S/C21H26N4O3.2ClH/c26-19-4-3-18(20(27)23-19)25-12-15-9-14(1-2-17(15)21(25)28)13-5-7-24(8-6-13)16-10-22-11-16;;/h1-2,9,13,16,18,22H,3-8,10-12H2,(H,23,26,27);2*1H. The van der Waals surface area contributed by atoms with Gasteiger partial charge in [-0.05, 0) is 55.5 Å². The summed E-state index contributed by atoms with van der Waals surface area (Å²) in [5.41, 5.74) is 3.02. The van der Waals surface area contributed by atoms with Gasteiger partial charge in [0.15, 0.2) is 0 Å². The van der Waals surface area contributed by atoms with Gasteiger partial charge < -0.3 is 10.2 Å². The smallest absolute Gasteiger partial charge is 0.255 e. The second kappa shape index (κ2) is 9.22. The van der Waals surface area contributed by atoms with Gasteiger partial charge in [-0.15, -0.1) is 24.8 Å². The second-order valence-corrected chi connectivity index (χ2v) is 8.44. The first-order valence-corrected chi connectivity index (χ1v) is 10.3. The first-order chi connectivity index (χ1) is 13.6. The van der Waals surface area contributed by atoms with Crippen LogP contribution in [0.4, 0.5) is 0 Å². The fraction of sp³-hybridized carbons (Fsp3) is 0.571. The Kier molecular flexibility index (Phi) is 7.07. The summed E-state index contributed by atoms with van der Waals surface area (Å²) in [6.45, 7) is 4.95. The summed E-state index contributed by atoms with van der Waals surface area (Å²) in [5, 5.41) is 5.70. The van der Waals surface area contributed by atoms with Crippen molar-refractivity contribution in [2.75, 3.05) is 26.2 Å². The molecule has 0 saturated carbocycles. The van der Waals surface area contributed by atoms with E-state index in [1.54, 1.807) is 4.90 Å². The Labute approximate surface area is 188 Å². The van der Waals surface area contributed by atoms with Crippen LogP contribution in [0.2, 0.25) is 0 Å². The van der Waals surface area contributed by atoms with Crippen LogP contribution in [0.3, 0.4) is 0 Å². The van der Waals surface area contributed by atoms with Crippen molar-refractivity contribution in [2.45, 2.75) is 50.2 Å². The minimum atomic E-state index is -0.541. The number of piperidine rings is 2. The van der Waals surface area contributed by atoms with E-state index in [0.29, 0.717) is 30.5 Å². The largest absolute Gasteiger partial charge is 0.322 e. The number of carbonyl (C=O) groups excluding carboxylic acids is 3. The number of hydrogen-bond donors (Lipinski definition) is 2. The molecule has 0 aromatic heterocycles. The molecule has 4 heterocycles. The maximum Gasteiger partial charge on any atom is 0.255 e. The molecule has 1 atom stereocenters. The SMILES string of the molecule is Cl.Cl.O=C1CCC(N2Cc3cc(C4CCN(C5CNC5)CC4)ccc3C2=O)C(=O)N1. The van der Waals surface area contributed by atoms with Crippen LogP contribution in [0.25, 0.3) is 0 Å². The van der Waals surface area contributed by atoms with Crippen molar-refractivity contribution in [1.82, 2.24) is 20.4 Å². The number of carbonyl (C=O) groups is 3. The minimum absolute atomic E-state index is 0. The van der Waals surface area contributed by atoms with Gasteiger partial charge in [-0.3, -0.25) is 24.6 Å². The third-order valence-electron chi connectivity index (χ3n) is 6.82. The lowest BCUT2D eigenvalue weighted by atomic mass is 9.87. The van der Waals surface area contributed by atoms with E-state index in [1.165, 1.54) is 5.56 Å². The molecule has 9 heteroatoms. The van der Waals surface area contributed by atoms with E-state index in [2.05, 4.69) is 27.7 Å². The van der Waals surface area contributed by atoms with Crippen LogP contribution in [0.5, 0.6) is 0 Å². The molecular weight excluding hydrogens is 427 g/mol. The van der Waals surface area contributed by atoms with Gasteiger partial charge in [0.25, 0.3) is 5.91 Å². The predicted molar refractivity (Wildman–Crippen MR) is 117 cm³/mol. The molecule has 7 nitrogen and oxygen atoms in total. The van der Waals surface area contributed by atoms with Gasteiger partial charge in [-0.2, -0.15) is 0 Å². The van der Waals surface area contributed by atoms with E-state index in [1.807, 2.05) is 6.07 Å². The maximum absolute atomic E-state index is 12.8. The number of nitrogens with one attached hydrogen (secondary N) is 2. The van der Waals surface area contributed by atoms with E-state index >= 15 is 0 Å². The van der Waals surface area contributed by atoms with Crippen LogP contribution in [0.15, 0.2) is 18.2 Å². The first kappa shape index (κ1) is 23.0. The van der Waals surface area contributed by atoms with Crippen LogP contribution in [0.1, 0.15) is 53.1 Å². The fourth-order valence-electron chi connectivity index (χ4n) is 4.98. The Morgan fingerprint density at radius 2 is 1.70 bits per heavy atom. The lowest BCUT2D eigenvalue weighted by molar-refractivity contribution is -0.136. The van der Waals surface area contributed by atoms with Crippen LogP contribution in [-0.4, -0.2) is 65.8 Å². The quantitative estimate of drug-likeness (QED) is 0.675. The highest BCUT2D eigenvalue weighted by Gasteiger charge is 2.39. The molecule has 5 rings (SSSR count). The highest BCUT2D eigenvalue weighted by atomic mass is 35.5. The van der Waals surface area contributed by atoms with Gasteiger partial charge >= 0.3 is 0 Å². The average molecular weight is 455 g/mol. The van der Waals surface area contributed by atoms with Crippen molar-refractivity contribution >= 4 is 42.5 Å². The van der Waals surface area contributed by atoms with Gasteiger partial charge in [-0.1, -0.05) is 12.1 Å². The number of rotatable bonds is 3. The molecular formula is C21H28Cl2N4O3. The van der Waals surface area contributed by atoms with E-state index in [9.17, 15) is 14.4 Å². The highest BCUT2D eigenvalue weighted by molar-refractivity contribution is 6.05. The summed E-state index contributed by atoms with van der Waals surface area (Å²) < 4.78 is 0. The van der Waals surface area contributed by atoms with Crippen LogP contribution in [0, 0.1) is 0 Å². The van der Waals surface area contributed by atoms with Gasteiger partial charge in [0.05, 0.1) is 0 Å². The van der Waals surface area contributed by atoms with Gasteiger partial charge in [-0.25, -0.2) is 0 Å². The average Bonchev–Trinajstić information content (AvgIpc) is 2.97. The van der Waals surface area contributed by atoms with Crippen LogP contribution >= 0.6 is 24.8 Å². The molecule has 0 bridgehead atoms. The Morgan fingerprint density at radius 1 is 0.967 bits per heavy atom. The van der Waals surface area contributed by atoms with E-state index in [4.69, 9.17) is 0 Å². The molecule has 1 aromatic carbocycles. The van der Waals surface area contributed by atoms with Crippen molar-refractivity contribution in [2.24, 2.45) is 0 Å². The van der Waals surface area contributed by atoms with Crippen molar-refractivity contribution < 1.29 is 14.4 Å². The minimum Gasteiger partial charge on any atom is -0.322 e. The molecule has 3 saturated heterocycles. The van der Waals surface area contributed by atoms with E-state index < -0.39 is 6.04 Å². The van der Waals surface area contributed by atoms with Gasteiger partial charge in [0.2, 0.25) is 11.8 Å². The molecule has 1 unspecified atom stereocenters. The van der Waals surface area contributed by atoms with Gasteiger partial charge in [0, 0.05) is 37.7 Å². The Balaban J connectivity index is 0.00000128. The van der Waals surface area contributed by atoms with Crippen LogP contribution < -0.4 is 10.6 Å². The Bertz CT molecular complexity index is 838. The maximum atomic E-state index is 12.8. The number of likely N-dealkylation sites (tertiary alicyclic amines) is 1.